The van der Waals surface area contributed by atoms with Crippen LogP contribution in [0.2, 0.25) is 0 Å². The van der Waals surface area contributed by atoms with Gasteiger partial charge in [0.25, 0.3) is 0 Å². The molecule has 0 atom stereocenters. The first-order valence-corrected chi connectivity index (χ1v) is 6.27. The average Bonchev–Trinajstić information content (AvgIpc) is 2.25. The van der Waals surface area contributed by atoms with Gasteiger partial charge < -0.3 is 15.4 Å². The molecule has 1 rings (SSSR count). The van der Waals surface area contributed by atoms with Crippen molar-refractivity contribution in [2.75, 3.05) is 33.4 Å². The van der Waals surface area contributed by atoms with E-state index >= 15 is 0 Å². The van der Waals surface area contributed by atoms with Crippen molar-refractivity contribution in [1.29, 1.82) is 5.41 Å². The van der Waals surface area contributed by atoms with Gasteiger partial charge in [0, 0.05) is 26.2 Å². The summed E-state index contributed by atoms with van der Waals surface area (Å²) in [6, 6.07) is 0. The van der Waals surface area contributed by atoms with Gasteiger partial charge in [-0.15, -0.1) is 0 Å². The van der Waals surface area contributed by atoms with E-state index < -0.39 is 0 Å². The van der Waals surface area contributed by atoms with Gasteiger partial charge >= 0.3 is 0 Å². The number of amidine groups is 1. The Bertz CT molecular complexity index is 202. The van der Waals surface area contributed by atoms with Crippen LogP contribution in [-0.2, 0) is 4.74 Å². The maximum absolute atomic E-state index is 7.14. The first-order chi connectivity index (χ1) is 7.68. The van der Waals surface area contributed by atoms with Gasteiger partial charge in [0.05, 0.1) is 5.84 Å². The van der Waals surface area contributed by atoms with E-state index in [-0.39, 0.29) is 0 Å². The number of nitrogens with one attached hydrogen (secondary N) is 1. The fourth-order valence-electron chi connectivity index (χ4n) is 2.16. The molecular weight excluding hydrogens is 202 g/mol. The first-order valence-electron chi connectivity index (χ1n) is 6.27. The summed E-state index contributed by atoms with van der Waals surface area (Å²) in [5, 5.41) is 7.14. The molecular formula is C12H25N3O. The summed E-state index contributed by atoms with van der Waals surface area (Å²) in [6.45, 7) is 4.17. The first kappa shape index (κ1) is 13.5. The average molecular weight is 227 g/mol. The summed E-state index contributed by atoms with van der Waals surface area (Å²) in [6.07, 6.45) is 5.33. The number of nitrogens with zero attached hydrogens (tertiary/aromatic N) is 1. The summed E-state index contributed by atoms with van der Waals surface area (Å²) < 4.78 is 5.35. The number of nitrogens with two attached hydrogens (primary N) is 1. The zero-order valence-electron chi connectivity index (χ0n) is 10.4. The van der Waals surface area contributed by atoms with Crippen LogP contribution in [0, 0.1) is 11.3 Å². The summed E-state index contributed by atoms with van der Waals surface area (Å²) in [5.41, 5.74) is 5.31. The molecule has 4 heteroatoms. The van der Waals surface area contributed by atoms with Crippen LogP contribution in [-0.4, -0.2) is 44.1 Å². The van der Waals surface area contributed by atoms with E-state index in [1.807, 2.05) is 0 Å². The lowest BCUT2D eigenvalue weighted by molar-refractivity contribution is 0.0556. The third kappa shape index (κ3) is 6.08. The highest BCUT2D eigenvalue weighted by Gasteiger charge is 2.15. The molecule has 1 heterocycles. The van der Waals surface area contributed by atoms with E-state index in [0.717, 1.165) is 44.9 Å². The highest BCUT2D eigenvalue weighted by Crippen LogP contribution is 2.15. The van der Waals surface area contributed by atoms with E-state index in [2.05, 4.69) is 11.9 Å². The maximum atomic E-state index is 7.14. The van der Waals surface area contributed by atoms with Crippen LogP contribution in [0.1, 0.15) is 32.1 Å². The zero-order chi connectivity index (χ0) is 11.8. The lowest BCUT2D eigenvalue weighted by Gasteiger charge is -2.27. The Labute approximate surface area is 98.6 Å². The van der Waals surface area contributed by atoms with Crippen molar-refractivity contribution in [1.82, 2.24) is 4.90 Å². The van der Waals surface area contributed by atoms with E-state index in [4.69, 9.17) is 15.9 Å². The third-order valence-electron chi connectivity index (χ3n) is 3.15. The molecule has 0 aromatic carbocycles. The van der Waals surface area contributed by atoms with Crippen molar-refractivity contribution in [2.24, 2.45) is 11.7 Å². The Kier molecular flexibility index (Phi) is 6.42. The second-order valence-corrected chi connectivity index (χ2v) is 4.80. The van der Waals surface area contributed by atoms with Crippen LogP contribution in [0.25, 0.3) is 0 Å². The number of unbranched alkanes of at least 4 members (excludes halogenated alkanes) is 1. The molecule has 0 aliphatic carbocycles. The van der Waals surface area contributed by atoms with Crippen molar-refractivity contribution in [3.8, 4) is 0 Å². The molecule has 0 aromatic rings. The molecule has 1 fully saturated rings. The Morgan fingerprint density at radius 3 is 2.69 bits per heavy atom. The maximum Gasteiger partial charge on any atom is 0.0905 e. The predicted molar refractivity (Wildman–Crippen MR) is 66.8 cm³/mol. The topological polar surface area (TPSA) is 62.3 Å². The fraction of sp³-hybridized carbons (Fsp3) is 0.917. The fourth-order valence-corrected chi connectivity index (χ4v) is 2.16. The molecule has 3 N–H and O–H groups in total. The van der Waals surface area contributed by atoms with Crippen LogP contribution in [0.5, 0.6) is 0 Å². The van der Waals surface area contributed by atoms with Gasteiger partial charge in [0.2, 0.25) is 0 Å². The van der Waals surface area contributed by atoms with E-state index in [0.29, 0.717) is 5.84 Å². The van der Waals surface area contributed by atoms with Gasteiger partial charge in [-0.05, 0) is 45.2 Å². The summed E-state index contributed by atoms with van der Waals surface area (Å²) in [5.74, 6) is 1.12. The predicted octanol–water partition coefficient (Wildman–Crippen LogP) is 1.45. The third-order valence-corrected chi connectivity index (χ3v) is 3.15. The van der Waals surface area contributed by atoms with Crippen molar-refractivity contribution in [3.63, 3.8) is 0 Å². The quantitative estimate of drug-likeness (QED) is 0.393. The van der Waals surface area contributed by atoms with Crippen molar-refractivity contribution < 1.29 is 4.74 Å². The van der Waals surface area contributed by atoms with E-state index in [1.165, 1.54) is 19.4 Å². The molecule has 0 unspecified atom stereocenters. The highest BCUT2D eigenvalue weighted by atomic mass is 16.5. The largest absolute Gasteiger partial charge is 0.388 e. The van der Waals surface area contributed by atoms with Crippen LogP contribution in [0.4, 0.5) is 0 Å². The molecule has 1 aliphatic heterocycles. The summed E-state index contributed by atoms with van der Waals surface area (Å²) >= 11 is 0. The van der Waals surface area contributed by atoms with Crippen molar-refractivity contribution in [2.45, 2.75) is 32.1 Å². The van der Waals surface area contributed by atoms with Gasteiger partial charge in [-0.2, -0.15) is 0 Å². The van der Waals surface area contributed by atoms with Gasteiger partial charge in [-0.1, -0.05) is 0 Å². The van der Waals surface area contributed by atoms with E-state index in [9.17, 15) is 0 Å². The van der Waals surface area contributed by atoms with Gasteiger partial charge in [0.1, 0.15) is 0 Å². The minimum Gasteiger partial charge on any atom is -0.388 e. The Hall–Kier alpha value is -0.610. The van der Waals surface area contributed by atoms with Crippen molar-refractivity contribution >= 4 is 5.84 Å². The Morgan fingerprint density at radius 2 is 2.06 bits per heavy atom. The second kappa shape index (κ2) is 7.63. The smallest absolute Gasteiger partial charge is 0.0905 e. The van der Waals surface area contributed by atoms with Crippen LogP contribution >= 0.6 is 0 Å². The molecule has 4 nitrogen and oxygen atoms in total. The summed E-state index contributed by atoms with van der Waals surface area (Å²) in [7, 11) is 2.18. The Morgan fingerprint density at radius 1 is 1.38 bits per heavy atom. The normalized spacial score (nSPS) is 17.9. The van der Waals surface area contributed by atoms with Crippen LogP contribution < -0.4 is 5.73 Å². The minimum absolute atomic E-state index is 0.312. The molecule has 0 spiro atoms. The summed E-state index contributed by atoms with van der Waals surface area (Å²) in [4.78, 5) is 2.40. The molecule has 94 valence electrons. The number of hydrogen-bond donors (Lipinski definition) is 2. The SMILES string of the molecule is CN(CCCCC(=N)N)CC1CCOCC1. The molecule has 0 radical (unpaired) electrons. The van der Waals surface area contributed by atoms with Gasteiger partial charge in [-0.25, -0.2) is 0 Å². The van der Waals surface area contributed by atoms with Crippen molar-refractivity contribution in [3.05, 3.63) is 0 Å². The zero-order valence-corrected chi connectivity index (χ0v) is 10.4. The molecule has 0 aromatic heterocycles. The number of rotatable bonds is 7. The highest BCUT2D eigenvalue weighted by molar-refractivity contribution is 5.76. The standard InChI is InChI=1S/C12H25N3O/c1-15(7-3-2-4-12(13)14)10-11-5-8-16-9-6-11/h11H,2-10H2,1H3,(H3,13,14). The Balaban J connectivity index is 2.01. The lowest BCUT2D eigenvalue weighted by Crippen LogP contribution is -2.30. The number of hydrogen-bond acceptors (Lipinski definition) is 3. The van der Waals surface area contributed by atoms with Crippen LogP contribution in [0.3, 0.4) is 0 Å². The lowest BCUT2D eigenvalue weighted by atomic mass is 10.00. The monoisotopic (exact) mass is 227 g/mol. The molecule has 0 amide bonds. The molecule has 0 saturated carbocycles. The van der Waals surface area contributed by atoms with E-state index in [1.54, 1.807) is 0 Å². The molecule has 16 heavy (non-hydrogen) atoms. The molecule has 1 saturated heterocycles. The molecule has 0 bridgehead atoms. The minimum atomic E-state index is 0.312. The van der Waals surface area contributed by atoms with Gasteiger partial charge in [0.15, 0.2) is 0 Å². The van der Waals surface area contributed by atoms with Gasteiger partial charge in [-0.3, -0.25) is 5.41 Å². The molecule has 1 aliphatic rings. The second-order valence-electron chi connectivity index (χ2n) is 4.80. The van der Waals surface area contributed by atoms with Crippen LogP contribution in [0.15, 0.2) is 0 Å². The number of ether oxygens (including phenoxy) is 1.